The van der Waals surface area contributed by atoms with Crippen molar-refractivity contribution < 1.29 is 4.74 Å². The molecular weight excluding hydrogens is 246 g/mol. The fourth-order valence-corrected chi connectivity index (χ4v) is 2.60. The van der Waals surface area contributed by atoms with Crippen LogP contribution < -0.4 is 5.32 Å². The molecule has 0 saturated heterocycles. The number of ether oxygens (including phenoxy) is 1. The molecule has 0 fully saturated rings. The van der Waals surface area contributed by atoms with E-state index in [2.05, 4.69) is 57.3 Å². The normalized spacial score (nSPS) is 13.4. The Labute approximate surface area is 124 Å². The van der Waals surface area contributed by atoms with Gasteiger partial charge in [-0.2, -0.15) is 0 Å². The summed E-state index contributed by atoms with van der Waals surface area (Å²) in [4.78, 5) is 0. The van der Waals surface area contributed by atoms with Gasteiger partial charge in [-0.3, -0.25) is 0 Å². The Bertz CT molecular complexity index is 381. The molecule has 0 aliphatic heterocycles. The molecule has 1 aromatic carbocycles. The summed E-state index contributed by atoms with van der Waals surface area (Å²) >= 11 is 0. The number of nitrogens with one attached hydrogen (secondary N) is 1. The first-order chi connectivity index (χ1) is 9.50. The molecule has 0 spiro atoms. The molecule has 0 saturated carbocycles. The van der Waals surface area contributed by atoms with E-state index >= 15 is 0 Å². The highest BCUT2D eigenvalue weighted by Gasteiger charge is 2.21. The maximum absolute atomic E-state index is 5.20. The third-order valence-corrected chi connectivity index (χ3v) is 3.63. The Morgan fingerprint density at radius 3 is 2.50 bits per heavy atom. The Morgan fingerprint density at radius 1 is 1.20 bits per heavy atom. The molecular formula is C18H31NO. The van der Waals surface area contributed by atoms with Crippen LogP contribution in [0, 0.1) is 0 Å². The lowest BCUT2D eigenvalue weighted by Gasteiger charge is -2.28. The minimum absolute atomic E-state index is 0.185. The Hall–Kier alpha value is -0.860. The van der Waals surface area contributed by atoms with Crippen LogP contribution in [0.1, 0.15) is 64.1 Å². The molecule has 20 heavy (non-hydrogen) atoms. The van der Waals surface area contributed by atoms with Crippen LogP contribution in [0.3, 0.4) is 0 Å². The number of hydrogen-bond donors (Lipinski definition) is 1. The van der Waals surface area contributed by atoms with Gasteiger partial charge in [-0.05, 0) is 42.3 Å². The van der Waals surface area contributed by atoms with E-state index in [0.717, 1.165) is 26.0 Å². The number of benzene rings is 1. The van der Waals surface area contributed by atoms with Crippen LogP contribution in [-0.4, -0.2) is 20.3 Å². The summed E-state index contributed by atoms with van der Waals surface area (Å²) in [5.41, 5.74) is 3.08. The second-order valence-electron chi connectivity index (χ2n) is 6.48. The van der Waals surface area contributed by atoms with Gasteiger partial charge in [0.25, 0.3) is 0 Å². The highest BCUT2D eigenvalue weighted by molar-refractivity contribution is 5.35. The first-order valence-corrected chi connectivity index (χ1v) is 7.82. The van der Waals surface area contributed by atoms with Gasteiger partial charge in [0, 0.05) is 19.8 Å². The molecule has 0 radical (unpaired) electrons. The summed E-state index contributed by atoms with van der Waals surface area (Å²) in [6.45, 7) is 11.0. The quantitative estimate of drug-likeness (QED) is 0.709. The van der Waals surface area contributed by atoms with Crippen molar-refractivity contribution in [3.8, 4) is 0 Å². The van der Waals surface area contributed by atoms with E-state index in [9.17, 15) is 0 Å². The van der Waals surface area contributed by atoms with Gasteiger partial charge >= 0.3 is 0 Å². The van der Waals surface area contributed by atoms with Crippen molar-refractivity contribution in [1.29, 1.82) is 0 Å². The molecule has 0 aliphatic rings. The van der Waals surface area contributed by atoms with E-state index in [4.69, 9.17) is 4.74 Å². The standard InChI is InChI=1S/C18H31NO/c1-6-13-19-17(12-9-14-20-5)15-10-7-8-11-16(15)18(2,3)4/h7-8,10-11,17,19H,6,9,12-14H2,1-5H3. The number of rotatable bonds is 8. The van der Waals surface area contributed by atoms with Crippen LogP contribution in [0.5, 0.6) is 0 Å². The summed E-state index contributed by atoms with van der Waals surface area (Å²) in [5.74, 6) is 0. The predicted molar refractivity (Wildman–Crippen MR) is 87.3 cm³/mol. The van der Waals surface area contributed by atoms with Crippen molar-refractivity contribution in [3.63, 3.8) is 0 Å². The lowest BCUT2D eigenvalue weighted by Crippen LogP contribution is -2.26. The summed E-state index contributed by atoms with van der Waals surface area (Å²) in [7, 11) is 1.78. The third kappa shape index (κ3) is 5.26. The highest BCUT2D eigenvalue weighted by Crippen LogP contribution is 2.31. The second kappa shape index (κ2) is 8.43. The number of hydrogen-bond acceptors (Lipinski definition) is 2. The summed E-state index contributed by atoms with van der Waals surface area (Å²) in [5, 5.41) is 3.70. The van der Waals surface area contributed by atoms with Crippen LogP contribution in [0.15, 0.2) is 24.3 Å². The molecule has 1 unspecified atom stereocenters. The Kier molecular flexibility index (Phi) is 7.25. The minimum Gasteiger partial charge on any atom is -0.385 e. The van der Waals surface area contributed by atoms with Crippen molar-refractivity contribution in [3.05, 3.63) is 35.4 Å². The summed E-state index contributed by atoms with van der Waals surface area (Å²) in [6, 6.07) is 9.28. The molecule has 114 valence electrons. The van der Waals surface area contributed by atoms with Crippen LogP contribution in [0.25, 0.3) is 0 Å². The van der Waals surface area contributed by atoms with E-state index in [1.807, 2.05) is 0 Å². The van der Waals surface area contributed by atoms with Gasteiger partial charge in [-0.15, -0.1) is 0 Å². The van der Waals surface area contributed by atoms with Crippen molar-refractivity contribution in [2.24, 2.45) is 0 Å². The first-order valence-electron chi connectivity index (χ1n) is 7.82. The second-order valence-corrected chi connectivity index (χ2v) is 6.48. The van der Waals surface area contributed by atoms with Gasteiger partial charge in [0.15, 0.2) is 0 Å². The van der Waals surface area contributed by atoms with Gasteiger partial charge in [-0.1, -0.05) is 52.0 Å². The van der Waals surface area contributed by atoms with E-state index in [1.165, 1.54) is 17.5 Å². The average molecular weight is 277 g/mol. The lowest BCUT2D eigenvalue weighted by molar-refractivity contribution is 0.188. The first kappa shape index (κ1) is 17.2. The fraction of sp³-hybridized carbons (Fsp3) is 0.667. The van der Waals surface area contributed by atoms with Gasteiger partial charge in [0.05, 0.1) is 0 Å². The molecule has 1 rings (SSSR count). The Balaban J connectivity index is 2.94. The van der Waals surface area contributed by atoms with Crippen LogP contribution in [-0.2, 0) is 10.2 Å². The SMILES string of the molecule is CCCNC(CCCOC)c1ccccc1C(C)(C)C. The Morgan fingerprint density at radius 2 is 1.90 bits per heavy atom. The zero-order valence-electron chi connectivity index (χ0n) is 13.8. The van der Waals surface area contributed by atoms with Crippen molar-refractivity contribution >= 4 is 0 Å². The van der Waals surface area contributed by atoms with Crippen molar-refractivity contribution in [1.82, 2.24) is 5.32 Å². The lowest BCUT2D eigenvalue weighted by atomic mass is 9.81. The maximum Gasteiger partial charge on any atom is 0.0462 e. The van der Waals surface area contributed by atoms with Gasteiger partial charge in [-0.25, -0.2) is 0 Å². The van der Waals surface area contributed by atoms with E-state index < -0.39 is 0 Å². The van der Waals surface area contributed by atoms with Crippen LogP contribution in [0.2, 0.25) is 0 Å². The molecule has 0 amide bonds. The van der Waals surface area contributed by atoms with Crippen molar-refractivity contribution in [2.75, 3.05) is 20.3 Å². The molecule has 1 aromatic rings. The maximum atomic E-state index is 5.20. The molecule has 0 heterocycles. The molecule has 0 aliphatic carbocycles. The third-order valence-electron chi connectivity index (χ3n) is 3.63. The monoisotopic (exact) mass is 277 g/mol. The van der Waals surface area contributed by atoms with E-state index in [0.29, 0.717) is 6.04 Å². The largest absolute Gasteiger partial charge is 0.385 e. The van der Waals surface area contributed by atoms with Gasteiger partial charge in [0.1, 0.15) is 0 Å². The van der Waals surface area contributed by atoms with Crippen LogP contribution in [0.4, 0.5) is 0 Å². The zero-order chi connectivity index (χ0) is 15.0. The topological polar surface area (TPSA) is 21.3 Å². The summed E-state index contributed by atoms with van der Waals surface area (Å²) in [6.07, 6.45) is 3.38. The van der Waals surface area contributed by atoms with Crippen molar-refractivity contribution in [2.45, 2.75) is 58.4 Å². The highest BCUT2D eigenvalue weighted by atomic mass is 16.5. The fourth-order valence-electron chi connectivity index (χ4n) is 2.60. The molecule has 2 heteroatoms. The zero-order valence-corrected chi connectivity index (χ0v) is 13.8. The van der Waals surface area contributed by atoms with E-state index in [-0.39, 0.29) is 5.41 Å². The van der Waals surface area contributed by atoms with E-state index in [1.54, 1.807) is 7.11 Å². The molecule has 1 N–H and O–H groups in total. The molecule has 2 nitrogen and oxygen atoms in total. The number of methoxy groups -OCH3 is 1. The predicted octanol–water partition coefficient (Wildman–Crippen LogP) is 4.45. The minimum atomic E-state index is 0.185. The van der Waals surface area contributed by atoms with Gasteiger partial charge < -0.3 is 10.1 Å². The molecule has 0 bridgehead atoms. The van der Waals surface area contributed by atoms with Crippen LogP contribution >= 0.6 is 0 Å². The van der Waals surface area contributed by atoms with Gasteiger partial charge in [0.2, 0.25) is 0 Å². The molecule has 1 atom stereocenters. The smallest absolute Gasteiger partial charge is 0.0462 e. The average Bonchev–Trinajstić information content (AvgIpc) is 2.42. The summed E-state index contributed by atoms with van der Waals surface area (Å²) < 4.78 is 5.20. The molecule has 0 aromatic heterocycles.